The van der Waals surface area contributed by atoms with Crippen LogP contribution in [0.5, 0.6) is 0 Å². The zero-order valence-corrected chi connectivity index (χ0v) is 31.0. The van der Waals surface area contributed by atoms with Gasteiger partial charge in [-0.2, -0.15) is 0 Å². The Morgan fingerprint density at radius 1 is 0.298 bits per heavy atom. The van der Waals surface area contributed by atoms with E-state index in [-0.39, 0.29) is 0 Å². The summed E-state index contributed by atoms with van der Waals surface area (Å²) in [5, 5.41) is 5.12. The summed E-state index contributed by atoms with van der Waals surface area (Å²) < 4.78 is 0. The van der Waals surface area contributed by atoms with Crippen LogP contribution in [0.1, 0.15) is 22.3 Å². The van der Waals surface area contributed by atoms with Gasteiger partial charge in [0.25, 0.3) is 0 Å². The van der Waals surface area contributed by atoms with Crippen LogP contribution in [-0.2, 0) is 5.41 Å². The minimum absolute atomic E-state index is 0.434. The molecule has 0 N–H and O–H groups in total. The van der Waals surface area contributed by atoms with Gasteiger partial charge in [-0.25, -0.2) is 9.97 Å². The quantitative estimate of drug-likeness (QED) is 0.181. The van der Waals surface area contributed by atoms with Crippen molar-refractivity contribution in [2.75, 3.05) is 0 Å². The molecule has 0 saturated carbocycles. The van der Waals surface area contributed by atoms with E-state index in [9.17, 15) is 0 Å². The zero-order valence-electron chi connectivity index (χ0n) is 31.0. The standard InChI is InChI=1S/C55H34N2/c1-3-14-37(15-4-1)50-34-51(57-54(56-50)39-16-5-2-6-17-39)38-25-23-35(24-26-38)40-28-30-43-41(33-40)29-32-47-46-31-27-36-13-7-8-18-42(36)52(46)55(53(43)47)48-21-11-9-19-44(48)45-20-10-12-22-49(45)55/h1-34H. The maximum atomic E-state index is 5.07. The summed E-state index contributed by atoms with van der Waals surface area (Å²) in [4.78, 5) is 10.1. The van der Waals surface area contributed by atoms with Gasteiger partial charge >= 0.3 is 0 Å². The second-order valence-electron chi connectivity index (χ2n) is 15.2. The Hall–Kier alpha value is -7.42. The highest BCUT2D eigenvalue weighted by molar-refractivity contribution is 6.09. The smallest absolute Gasteiger partial charge is 0.160 e. The van der Waals surface area contributed by atoms with Crippen LogP contribution in [0.25, 0.3) is 88.8 Å². The minimum atomic E-state index is -0.434. The third-order valence-corrected chi connectivity index (χ3v) is 12.3. The summed E-state index contributed by atoms with van der Waals surface area (Å²) in [6, 6.07) is 75.0. The lowest BCUT2D eigenvalue weighted by molar-refractivity contribution is 0.809. The summed E-state index contributed by atoms with van der Waals surface area (Å²) in [5.74, 6) is 0.721. The highest BCUT2D eigenvalue weighted by atomic mass is 14.9. The van der Waals surface area contributed by atoms with Crippen molar-refractivity contribution in [3.05, 3.63) is 229 Å². The molecule has 2 aliphatic rings. The fraction of sp³-hybridized carbons (Fsp3) is 0.0182. The van der Waals surface area contributed by atoms with Crippen molar-refractivity contribution in [2.45, 2.75) is 5.41 Å². The molecule has 0 saturated heterocycles. The first kappa shape index (κ1) is 31.9. The van der Waals surface area contributed by atoms with Crippen LogP contribution in [0, 0.1) is 0 Å². The molecule has 264 valence electrons. The molecule has 1 spiro atoms. The molecule has 2 aliphatic carbocycles. The van der Waals surface area contributed by atoms with Gasteiger partial charge in [-0.05, 0) is 89.3 Å². The minimum Gasteiger partial charge on any atom is -0.228 e. The van der Waals surface area contributed by atoms with Crippen LogP contribution >= 0.6 is 0 Å². The second-order valence-corrected chi connectivity index (χ2v) is 15.2. The number of aromatic nitrogens is 2. The average molecular weight is 723 g/mol. The second kappa shape index (κ2) is 12.3. The van der Waals surface area contributed by atoms with Crippen molar-refractivity contribution >= 4 is 21.5 Å². The molecule has 1 heterocycles. The predicted molar refractivity (Wildman–Crippen MR) is 235 cm³/mol. The highest BCUT2D eigenvalue weighted by Gasteiger charge is 2.53. The van der Waals surface area contributed by atoms with Gasteiger partial charge in [-0.1, -0.05) is 194 Å². The van der Waals surface area contributed by atoms with Gasteiger partial charge in [0, 0.05) is 16.7 Å². The van der Waals surface area contributed by atoms with E-state index >= 15 is 0 Å². The van der Waals surface area contributed by atoms with E-state index in [4.69, 9.17) is 9.97 Å². The van der Waals surface area contributed by atoms with Gasteiger partial charge < -0.3 is 0 Å². The fourth-order valence-electron chi connectivity index (χ4n) is 9.84. The Morgan fingerprint density at radius 3 is 1.46 bits per heavy atom. The first-order chi connectivity index (χ1) is 28.3. The molecule has 0 bridgehead atoms. The van der Waals surface area contributed by atoms with Crippen molar-refractivity contribution in [1.82, 2.24) is 9.97 Å². The van der Waals surface area contributed by atoms with Crippen LogP contribution < -0.4 is 0 Å². The summed E-state index contributed by atoms with van der Waals surface area (Å²) >= 11 is 0. The van der Waals surface area contributed by atoms with E-state index in [1.807, 2.05) is 24.3 Å². The highest BCUT2D eigenvalue weighted by Crippen LogP contribution is 2.65. The van der Waals surface area contributed by atoms with E-state index < -0.39 is 5.41 Å². The van der Waals surface area contributed by atoms with Crippen LogP contribution in [0.15, 0.2) is 206 Å². The van der Waals surface area contributed by atoms with Crippen molar-refractivity contribution < 1.29 is 0 Å². The number of hydrogen-bond acceptors (Lipinski definition) is 2. The predicted octanol–water partition coefficient (Wildman–Crippen LogP) is 13.8. The van der Waals surface area contributed by atoms with Crippen LogP contribution in [-0.4, -0.2) is 9.97 Å². The third kappa shape index (κ3) is 4.65. The lowest BCUT2D eigenvalue weighted by Crippen LogP contribution is -2.26. The summed E-state index contributed by atoms with van der Waals surface area (Å²) in [7, 11) is 0. The van der Waals surface area contributed by atoms with Crippen LogP contribution in [0.2, 0.25) is 0 Å². The maximum absolute atomic E-state index is 5.07. The number of nitrogens with zero attached hydrogens (tertiary/aromatic N) is 2. The first-order valence-corrected chi connectivity index (χ1v) is 19.7. The molecule has 0 fully saturated rings. The van der Waals surface area contributed by atoms with Gasteiger partial charge in [0.05, 0.1) is 16.8 Å². The molecule has 0 unspecified atom stereocenters. The number of hydrogen-bond donors (Lipinski definition) is 0. The van der Waals surface area contributed by atoms with Crippen molar-refractivity contribution in [3.63, 3.8) is 0 Å². The normalized spacial score (nSPS) is 13.1. The van der Waals surface area contributed by atoms with Gasteiger partial charge in [0.2, 0.25) is 0 Å². The lowest BCUT2D eigenvalue weighted by Gasteiger charge is -2.32. The molecule has 10 aromatic rings. The molecular weight excluding hydrogens is 689 g/mol. The van der Waals surface area contributed by atoms with E-state index in [1.165, 1.54) is 77.2 Å². The third-order valence-electron chi connectivity index (χ3n) is 12.3. The van der Waals surface area contributed by atoms with Crippen LogP contribution in [0.3, 0.4) is 0 Å². The topological polar surface area (TPSA) is 25.8 Å². The van der Waals surface area contributed by atoms with Gasteiger partial charge in [0.15, 0.2) is 5.82 Å². The van der Waals surface area contributed by atoms with Crippen molar-refractivity contribution in [3.8, 4) is 67.3 Å². The first-order valence-electron chi connectivity index (χ1n) is 19.7. The van der Waals surface area contributed by atoms with Crippen LogP contribution in [0.4, 0.5) is 0 Å². The zero-order chi connectivity index (χ0) is 37.5. The van der Waals surface area contributed by atoms with Crippen molar-refractivity contribution in [1.29, 1.82) is 0 Å². The molecular formula is C55H34N2. The fourth-order valence-corrected chi connectivity index (χ4v) is 9.84. The lowest BCUT2D eigenvalue weighted by atomic mass is 9.68. The average Bonchev–Trinajstić information content (AvgIpc) is 3.77. The van der Waals surface area contributed by atoms with Crippen molar-refractivity contribution in [2.24, 2.45) is 0 Å². The Morgan fingerprint density at radius 2 is 0.789 bits per heavy atom. The molecule has 0 atom stereocenters. The molecule has 12 rings (SSSR count). The monoisotopic (exact) mass is 722 g/mol. The van der Waals surface area contributed by atoms with E-state index in [0.717, 1.165) is 33.9 Å². The Bertz CT molecular complexity index is 3110. The Kier molecular flexibility index (Phi) is 6.88. The summed E-state index contributed by atoms with van der Waals surface area (Å²) in [6.07, 6.45) is 0. The largest absolute Gasteiger partial charge is 0.228 e. The summed E-state index contributed by atoms with van der Waals surface area (Å²) in [6.45, 7) is 0. The molecule has 0 radical (unpaired) electrons. The molecule has 9 aromatic carbocycles. The maximum Gasteiger partial charge on any atom is 0.160 e. The molecule has 57 heavy (non-hydrogen) atoms. The molecule has 0 amide bonds. The van der Waals surface area contributed by atoms with E-state index in [0.29, 0.717) is 0 Å². The van der Waals surface area contributed by atoms with Gasteiger partial charge in [-0.3, -0.25) is 0 Å². The number of benzene rings is 9. The Balaban J connectivity index is 1.01. The summed E-state index contributed by atoms with van der Waals surface area (Å²) in [5.41, 5.74) is 17.7. The Labute approximate surface area is 331 Å². The number of fused-ring (bicyclic) bond motifs is 14. The number of rotatable bonds is 4. The SMILES string of the molecule is c1ccc(-c2cc(-c3ccc(-c4ccc5c6c(ccc5c4)-c4ccc5ccccc5c4C64c5ccccc5-c5ccccc54)cc3)nc(-c3ccccc3)n2)cc1. The van der Waals surface area contributed by atoms with E-state index in [1.54, 1.807) is 0 Å². The van der Waals surface area contributed by atoms with Gasteiger partial charge in [-0.15, -0.1) is 0 Å². The molecule has 0 aliphatic heterocycles. The molecule has 2 nitrogen and oxygen atoms in total. The van der Waals surface area contributed by atoms with Gasteiger partial charge in [0.1, 0.15) is 0 Å². The molecule has 1 aromatic heterocycles. The molecule has 2 heteroatoms. The van der Waals surface area contributed by atoms with E-state index in [2.05, 4.69) is 182 Å².